The van der Waals surface area contributed by atoms with Gasteiger partial charge in [-0.25, -0.2) is 0 Å². The van der Waals surface area contributed by atoms with E-state index in [0.29, 0.717) is 19.6 Å². The average molecular weight is 269 g/mol. The second kappa shape index (κ2) is 8.94. The molecule has 1 saturated heterocycles. The highest BCUT2D eigenvalue weighted by Crippen LogP contribution is 2.19. The lowest BCUT2D eigenvalue weighted by Gasteiger charge is -2.31. The van der Waals surface area contributed by atoms with Crippen molar-refractivity contribution in [3.8, 4) is 0 Å². The third-order valence-electron chi connectivity index (χ3n) is 3.64. The summed E-state index contributed by atoms with van der Waals surface area (Å²) in [6.07, 6.45) is 6.84. The van der Waals surface area contributed by atoms with Gasteiger partial charge in [0.2, 0.25) is 5.91 Å². The van der Waals surface area contributed by atoms with Crippen LogP contribution < -0.4 is 0 Å². The minimum absolute atomic E-state index is 0.117. The molecule has 1 unspecified atom stereocenters. The third-order valence-corrected chi connectivity index (χ3v) is 3.64. The molecule has 0 aromatic carbocycles. The zero-order chi connectivity index (χ0) is 14.1. The van der Waals surface area contributed by atoms with E-state index >= 15 is 0 Å². The van der Waals surface area contributed by atoms with E-state index in [2.05, 4.69) is 6.92 Å². The lowest BCUT2D eigenvalue weighted by atomic mass is 9.97. The van der Waals surface area contributed by atoms with Crippen LogP contribution in [0.4, 0.5) is 0 Å². The Kier molecular flexibility index (Phi) is 7.53. The molecule has 0 aliphatic carbocycles. The summed E-state index contributed by atoms with van der Waals surface area (Å²) in [5.74, 6) is -0.0654. The van der Waals surface area contributed by atoms with Crippen LogP contribution in [0.15, 0.2) is 0 Å². The maximum atomic E-state index is 12.1. The Hall–Kier alpha value is -1.06. The van der Waals surface area contributed by atoms with E-state index in [9.17, 15) is 9.59 Å². The van der Waals surface area contributed by atoms with Gasteiger partial charge in [0.15, 0.2) is 0 Å². The number of hydrogen-bond acceptors (Lipinski definition) is 3. The van der Waals surface area contributed by atoms with Crippen molar-refractivity contribution in [2.75, 3.05) is 19.7 Å². The Morgan fingerprint density at radius 3 is 2.68 bits per heavy atom. The molecule has 1 heterocycles. The highest BCUT2D eigenvalue weighted by Gasteiger charge is 2.28. The van der Waals surface area contributed by atoms with Gasteiger partial charge < -0.3 is 9.64 Å². The molecule has 0 saturated carbocycles. The molecule has 1 fully saturated rings. The van der Waals surface area contributed by atoms with Gasteiger partial charge in [0.05, 0.1) is 12.5 Å². The van der Waals surface area contributed by atoms with Crippen LogP contribution in [0, 0.1) is 5.92 Å². The molecule has 0 radical (unpaired) electrons. The van der Waals surface area contributed by atoms with E-state index in [1.165, 1.54) is 12.8 Å². The average Bonchev–Trinajstić information content (AvgIpc) is 2.44. The van der Waals surface area contributed by atoms with Gasteiger partial charge in [-0.1, -0.05) is 26.2 Å². The molecule has 0 aromatic rings. The quantitative estimate of drug-likeness (QED) is 0.527. The lowest BCUT2D eigenvalue weighted by Crippen LogP contribution is -2.42. The number of nitrogens with zero attached hydrogens (tertiary/aromatic N) is 1. The summed E-state index contributed by atoms with van der Waals surface area (Å²) >= 11 is 0. The first-order valence-electron chi connectivity index (χ1n) is 7.63. The van der Waals surface area contributed by atoms with E-state index in [1.54, 1.807) is 0 Å². The number of carbonyl (C=O) groups excluding carboxylic acids is 2. The molecule has 1 amide bonds. The van der Waals surface area contributed by atoms with Crippen molar-refractivity contribution in [1.82, 2.24) is 4.90 Å². The summed E-state index contributed by atoms with van der Waals surface area (Å²) in [6, 6.07) is 0. The van der Waals surface area contributed by atoms with Gasteiger partial charge in [-0.3, -0.25) is 9.59 Å². The summed E-state index contributed by atoms with van der Waals surface area (Å²) < 4.78 is 5.05. The van der Waals surface area contributed by atoms with E-state index in [1.807, 2.05) is 11.8 Å². The highest BCUT2D eigenvalue weighted by atomic mass is 16.5. The molecular formula is C15H27NO3. The summed E-state index contributed by atoms with van der Waals surface area (Å²) in [5.41, 5.74) is 0. The molecule has 0 N–H and O–H groups in total. The largest absolute Gasteiger partial charge is 0.466 e. The summed E-state index contributed by atoms with van der Waals surface area (Å²) in [6.45, 7) is 5.74. The van der Waals surface area contributed by atoms with Crippen molar-refractivity contribution in [2.45, 2.75) is 58.8 Å². The number of piperidine rings is 1. The van der Waals surface area contributed by atoms with Crippen LogP contribution in [0.1, 0.15) is 58.8 Å². The van der Waals surface area contributed by atoms with Crippen LogP contribution in [-0.4, -0.2) is 36.5 Å². The first-order chi connectivity index (χ1) is 9.19. The van der Waals surface area contributed by atoms with Gasteiger partial charge >= 0.3 is 5.97 Å². The number of likely N-dealkylation sites (tertiary alicyclic amines) is 1. The molecule has 1 rings (SSSR count). The molecule has 110 valence electrons. The fourth-order valence-electron chi connectivity index (χ4n) is 2.52. The van der Waals surface area contributed by atoms with Gasteiger partial charge in [-0.2, -0.15) is 0 Å². The third kappa shape index (κ3) is 5.62. The fourth-order valence-corrected chi connectivity index (χ4v) is 2.52. The predicted octanol–water partition coefficient (Wildman–Crippen LogP) is 2.76. The molecule has 0 bridgehead atoms. The summed E-state index contributed by atoms with van der Waals surface area (Å²) in [4.78, 5) is 25.6. The number of esters is 1. The maximum Gasteiger partial charge on any atom is 0.310 e. The minimum atomic E-state index is -0.147. The van der Waals surface area contributed by atoms with Crippen LogP contribution in [0.25, 0.3) is 0 Å². The first kappa shape index (κ1) is 16.0. The summed E-state index contributed by atoms with van der Waals surface area (Å²) in [5, 5.41) is 0. The van der Waals surface area contributed by atoms with Crippen molar-refractivity contribution in [3.05, 3.63) is 0 Å². The molecule has 1 atom stereocenters. The van der Waals surface area contributed by atoms with Crippen LogP contribution in [0.2, 0.25) is 0 Å². The van der Waals surface area contributed by atoms with E-state index in [4.69, 9.17) is 4.74 Å². The van der Waals surface area contributed by atoms with Crippen LogP contribution in [0.5, 0.6) is 0 Å². The van der Waals surface area contributed by atoms with Gasteiger partial charge in [0.1, 0.15) is 0 Å². The molecule has 4 nitrogen and oxygen atoms in total. The topological polar surface area (TPSA) is 46.6 Å². The van der Waals surface area contributed by atoms with Crippen LogP contribution in [-0.2, 0) is 14.3 Å². The van der Waals surface area contributed by atoms with Gasteiger partial charge in [0, 0.05) is 19.5 Å². The SMILES string of the molecule is CCCCCCC(=O)N1CCCC(C(=O)OCC)C1. The zero-order valence-corrected chi connectivity index (χ0v) is 12.3. The number of hydrogen-bond donors (Lipinski definition) is 0. The Bertz CT molecular complexity index is 291. The van der Waals surface area contributed by atoms with Crippen molar-refractivity contribution in [3.63, 3.8) is 0 Å². The van der Waals surface area contributed by atoms with E-state index in [0.717, 1.165) is 32.2 Å². The van der Waals surface area contributed by atoms with Gasteiger partial charge in [-0.05, 0) is 26.2 Å². The molecule has 19 heavy (non-hydrogen) atoms. The standard InChI is InChI=1S/C15H27NO3/c1-3-5-6-7-10-14(17)16-11-8-9-13(12-16)15(18)19-4-2/h13H,3-12H2,1-2H3. The van der Waals surface area contributed by atoms with Gasteiger partial charge in [-0.15, -0.1) is 0 Å². The van der Waals surface area contributed by atoms with E-state index in [-0.39, 0.29) is 17.8 Å². The number of amides is 1. The molecule has 1 aliphatic rings. The normalized spacial score (nSPS) is 19.3. The number of unbranched alkanes of at least 4 members (excludes halogenated alkanes) is 3. The van der Waals surface area contributed by atoms with E-state index < -0.39 is 0 Å². The summed E-state index contributed by atoms with van der Waals surface area (Å²) in [7, 11) is 0. The Balaban J connectivity index is 2.32. The van der Waals surface area contributed by atoms with Crippen molar-refractivity contribution >= 4 is 11.9 Å². The second-order valence-corrected chi connectivity index (χ2v) is 5.24. The predicted molar refractivity (Wildman–Crippen MR) is 74.7 cm³/mol. The second-order valence-electron chi connectivity index (χ2n) is 5.24. The van der Waals surface area contributed by atoms with Crippen LogP contribution in [0.3, 0.4) is 0 Å². The van der Waals surface area contributed by atoms with Crippen molar-refractivity contribution < 1.29 is 14.3 Å². The zero-order valence-electron chi connectivity index (χ0n) is 12.3. The molecule has 0 spiro atoms. The molecular weight excluding hydrogens is 242 g/mol. The fraction of sp³-hybridized carbons (Fsp3) is 0.867. The maximum absolute atomic E-state index is 12.1. The Morgan fingerprint density at radius 2 is 2.00 bits per heavy atom. The molecule has 4 heteroatoms. The molecule has 0 aromatic heterocycles. The van der Waals surface area contributed by atoms with Crippen molar-refractivity contribution in [2.24, 2.45) is 5.92 Å². The Labute approximate surface area is 116 Å². The number of carbonyl (C=O) groups is 2. The smallest absolute Gasteiger partial charge is 0.310 e. The Morgan fingerprint density at radius 1 is 1.21 bits per heavy atom. The lowest BCUT2D eigenvalue weighted by molar-refractivity contribution is -0.151. The molecule has 1 aliphatic heterocycles. The van der Waals surface area contributed by atoms with Crippen molar-refractivity contribution in [1.29, 1.82) is 0 Å². The number of ether oxygens (including phenoxy) is 1. The first-order valence-corrected chi connectivity index (χ1v) is 7.63. The monoisotopic (exact) mass is 269 g/mol. The van der Waals surface area contributed by atoms with Crippen LogP contribution >= 0.6 is 0 Å². The number of rotatable bonds is 7. The highest BCUT2D eigenvalue weighted by molar-refractivity contribution is 5.78. The minimum Gasteiger partial charge on any atom is -0.466 e. The van der Waals surface area contributed by atoms with Gasteiger partial charge in [0.25, 0.3) is 0 Å².